The smallest absolute Gasteiger partial charge is 0.000473 e. The lowest BCUT2D eigenvalue weighted by molar-refractivity contribution is 0.444. The molecule has 0 unspecified atom stereocenters. The first-order valence-electron chi connectivity index (χ1n) is 6.11. The minimum absolute atomic E-state index is 0.893. The van der Waals surface area contributed by atoms with E-state index in [1.807, 2.05) is 0 Å². The van der Waals surface area contributed by atoms with E-state index in [9.17, 15) is 0 Å². The van der Waals surface area contributed by atoms with E-state index in [1.165, 1.54) is 56.0 Å². The zero-order valence-electron chi connectivity index (χ0n) is 9.82. The summed E-state index contributed by atoms with van der Waals surface area (Å²) in [6.45, 7) is 7.02. The second-order valence-electron chi connectivity index (χ2n) is 3.99. The van der Waals surface area contributed by atoms with Crippen molar-refractivity contribution in [3.8, 4) is 0 Å². The number of alkyl halides is 1. The minimum Gasteiger partial charge on any atom is -0.316 e. The van der Waals surface area contributed by atoms with Gasteiger partial charge in [-0.1, -0.05) is 62.1 Å². The van der Waals surface area contributed by atoms with Crippen LogP contribution in [-0.4, -0.2) is 17.5 Å². The van der Waals surface area contributed by atoms with Gasteiger partial charge in [-0.15, -0.1) is 0 Å². The fourth-order valence-electron chi connectivity index (χ4n) is 1.58. The lowest BCUT2D eigenvalue weighted by atomic mass is 10.0. The Balaban J connectivity index is 3.04. The highest BCUT2D eigenvalue weighted by molar-refractivity contribution is 14.1. The van der Waals surface area contributed by atoms with E-state index in [-0.39, 0.29) is 0 Å². The molecule has 1 nitrogen and oxygen atoms in total. The van der Waals surface area contributed by atoms with Crippen LogP contribution < -0.4 is 5.32 Å². The van der Waals surface area contributed by atoms with Crippen molar-refractivity contribution in [3.05, 3.63) is 0 Å². The van der Waals surface area contributed by atoms with E-state index < -0.39 is 0 Å². The summed E-state index contributed by atoms with van der Waals surface area (Å²) in [6, 6.07) is 0. The van der Waals surface area contributed by atoms with Gasteiger partial charge in [0.05, 0.1) is 0 Å². The lowest BCUT2D eigenvalue weighted by Crippen LogP contribution is -2.23. The fourth-order valence-corrected chi connectivity index (χ4v) is 2.12. The van der Waals surface area contributed by atoms with Gasteiger partial charge in [-0.3, -0.25) is 0 Å². The maximum absolute atomic E-state index is 3.56. The van der Waals surface area contributed by atoms with Crippen LogP contribution in [0.4, 0.5) is 0 Å². The summed E-state index contributed by atoms with van der Waals surface area (Å²) in [5, 5.41) is 3.56. The third kappa shape index (κ3) is 9.25. The second-order valence-corrected chi connectivity index (χ2v) is 5.07. The summed E-state index contributed by atoms with van der Waals surface area (Å²) in [7, 11) is 0. The predicted molar refractivity (Wildman–Crippen MR) is 74.3 cm³/mol. The Morgan fingerprint density at radius 2 is 1.64 bits per heavy atom. The lowest BCUT2D eigenvalue weighted by Gasteiger charge is -2.12. The van der Waals surface area contributed by atoms with Crippen LogP contribution in [0.1, 0.15) is 52.4 Å². The average molecular weight is 311 g/mol. The summed E-state index contributed by atoms with van der Waals surface area (Å²) >= 11 is 2.46. The van der Waals surface area contributed by atoms with Gasteiger partial charge in [-0.05, 0) is 36.3 Å². The van der Waals surface area contributed by atoms with Gasteiger partial charge in [0.1, 0.15) is 0 Å². The standard InChI is InChI=1S/C12H26IN/c1-3-12(4-2)11-14-10-8-6-5-7-9-13/h12,14H,3-11H2,1-2H3. The third-order valence-corrected chi connectivity index (χ3v) is 3.59. The molecule has 0 atom stereocenters. The molecule has 0 fully saturated rings. The zero-order valence-corrected chi connectivity index (χ0v) is 12.0. The van der Waals surface area contributed by atoms with E-state index >= 15 is 0 Å². The Labute approximate surface area is 104 Å². The van der Waals surface area contributed by atoms with Crippen molar-refractivity contribution < 1.29 is 0 Å². The van der Waals surface area contributed by atoms with Crippen molar-refractivity contribution in [3.63, 3.8) is 0 Å². The third-order valence-electron chi connectivity index (χ3n) is 2.82. The van der Waals surface area contributed by atoms with E-state index in [0.717, 1.165) is 5.92 Å². The first-order chi connectivity index (χ1) is 6.85. The number of halogens is 1. The van der Waals surface area contributed by atoms with Gasteiger partial charge in [0, 0.05) is 0 Å². The average Bonchev–Trinajstić information content (AvgIpc) is 2.22. The van der Waals surface area contributed by atoms with Gasteiger partial charge in [0.15, 0.2) is 0 Å². The molecule has 0 saturated carbocycles. The zero-order chi connectivity index (χ0) is 10.6. The van der Waals surface area contributed by atoms with Crippen molar-refractivity contribution in [2.75, 3.05) is 17.5 Å². The van der Waals surface area contributed by atoms with Gasteiger partial charge in [0.25, 0.3) is 0 Å². The first kappa shape index (κ1) is 14.7. The molecular formula is C12H26IN. The molecule has 0 amide bonds. The maximum Gasteiger partial charge on any atom is -0.000473 e. The molecule has 0 aromatic carbocycles. The molecule has 14 heavy (non-hydrogen) atoms. The molecule has 0 aliphatic carbocycles. The van der Waals surface area contributed by atoms with Crippen molar-refractivity contribution in [1.82, 2.24) is 5.32 Å². The molecule has 0 aromatic heterocycles. The molecule has 1 N–H and O–H groups in total. The largest absolute Gasteiger partial charge is 0.316 e. The molecule has 0 heterocycles. The van der Waals surface area contributed by atoms with Crippen LogP contribution in [0.25, 0.3) is 0 Å². The molecule has 0 saturated heterocycles. The molecule has 0 aromatic rings. The van der Waals surface area contributed by atoms with Gasteiger partial charge < -0.3 is 5.32 Å². The molecule has 0 bridgehead atoms. The summed E-state index contributed by atoms with van der Waals surface area (Å²) < 4.78 is 1.32. The highest BCUT2D eigenvalue weighted by Gasteiger charge is 2.01. The Morgan fingerprint density at radius 3 is 2.21 bits per heavy atom. The minimum atomic E-state index is 0.893. The Morgan fingerprint density at radius 1 is 1.00 bits per heavy atom. The second kappa shape index (κ2) is 11.8. The van der Waals surface area contributed by atoms with Gasteiger partial charge in [-0.2, -0.15) is 0 Å². The van der Waals surface area contributed by atoms with Crippen molar-refractivity contribution in [2.45, 2.75) is 52.4 Å². The van der Waals surface area contributed by atoms with E-state index in [0.29, 0.717) is 0 Å². The highest BCUT2D eigenvalue weighted by Crippen LogP contribution is 2.05. The van der Waals surface area contributed by atoms with Crippen LogP contribution in [0.15, 0.2) is 0 Å². The SMILES string of the molecule is CCC(CC)CNCCCCCCI. The van der Waals surface area contributed by atoms with Crippen LogP contribution in [0, 0.1) is 5.92 Å². The molecule has 0 spiro atoms. The van der Waals surface area contributed by atoms with Crippen LogP contribution in [0.3, 0.4) is 0 Å². The number of hydrogen-bond acceptors (Lipinski definition) is 1. The predicted octanol–water partition coefficient (Wildman–Crippen LogP) is 4.01. The van der Waals surface area contributed by atoms with Crippen LogP contribution in [0.2, 0.25) is 0 Å². The van der Waals surface area contributed by atoms with Gasteiger partial charge in [0.2, 0.25) is 0 Å². The number of nitrogens with one attached hydrogen (secondary N) is 1. The van der Waals surface area contributed by atoms with E-state index in [1.54, 1.807) is 0 Å². The molecule has 0 aliphatic heterocycles. The Bertz CT molecular complexity index is 102. The monoisotopic (exact) mass is 311 g/mol. The van der Waals surface area contributed by atoms with E-state index in [4.69, 9.17) is 0 Å². The van der Waals surface area contributed by atoms with Gasteiger partial charge in [-0.25, -0.2) is 0 Å². The summed E-state index contributed by atoms with van der Waals surface area (Å²) in [6.07, 6.45) is 8.20. The molecule has 0 radical (unpaired) electrons. The highest BCUT2D eigenvalue weighted by atomic mass is 127. The number of rotatable bonds is 10. The molecule has 86 valence electrons. The van der Waals surface area contributed by atoms with Crippen molar-refractivity contribution in [2.24, 2.45) is 5.92 Å². The van der Waals surface area contributed by atoms with Crippen LogP contribution in [0.5, 0.6) is 0 Å². The topological polar surface area (TPSA) is 12.0 Å². The molecular weight excluding hydrogens is 285 g/mol. The first-order valence-corrected chi connectivity index (χ1v) is 7.64. The van der Waals surface area contributed by atoms with Crippen molar-refractivity contribution in [1.29, 1.82) is 0 Å². The summed E-state index contributed by atoms with van der Waals surface area (Å²) in [5.41, 5.74) is 0. The fraction of sp³-hybridized carbons (Fsp3) is 1.00. The van der Waals surface area contributed by atoms with E-state index in [2.05, 4.69) is 41.8 Å². The molecule has 0 aliphatic rings. The molecule has 0 rings (SSSR count). The Hall–Kier alpha value is 0.690. The quantitative estimate of drug-likeness (QED) is 0.365. The summed E-state index contributed by atoms with van der Waals surface area (Å²) in [5.74, 6) is 0.893. The molecule has 2 heteroatoms. The summed E-state index contributed by atoms with van der Waals surface area (Å²) in [4.78, 5) is 0. The van der Waals surface area contributed by atoms with Crippen LogP contribution >= 0.6 is 22.6 Å². The van der Waals surface area contributed by atoms with Gasteiger partial charge >= 0.3 is 0 Å². The van der Waals surface area contributed by atoms with Crippen molar-refractivity contribution >= 4 is 22.6 Å². The van der Waals surface area contributed by atoms with Crippen LogP contribution in [-0.2, 0) is 0 Å². The normalized spacial score (nSPS) is 11.1. The maximum atomic E-state index is 3.56. The number of unbranched alkanes of at least 4 members (excludes halogenated alkanes) is 3. The Kier molecular flexibility index (Phi) is 12.3. The number of hydrogen-bond donors (Lipinski definition) is 1.